The number of rotatable bonds is 7. The predicted octanol–water partition coefficient (Wildman–Crippen LogP) is 3.71. The lowest BCUT2D eigenvalue weighted by Crippen LogP contribution is -2.53. The van der Waals surface area contributed by atoms with Gasteiger partial charge in [-0.15, -0.1) is 11.3 Å². The van der Waals surface area contributed by atoms with Gasteiger partial charge in [0.05, 0.1) is 17.5 Å². The normalized spacial score (nSPS) is 20.4. The molecule has 244 valence electrons. The Bertz CT molecular complexity index is 2070. The number of pyridine rings is 1. The number of fused-ring (bicyclic) bond motifs is 1. The van der Waals surface area contributed by atoms with E-state index < -0.39 is 21.5 Å². The number of thiophene rings is 1. The van der Waals surface area contributed by atoms with Crippen LogP contribution in [0.1, 0.15) is 30.7 Å². The minimum absolute atomic E-state index is 0.0291. The summed E-state index contributed by atoms with van der Waals surface area (Å²) in [5.41, 5.74) is 1.07. The van der Waals surface area contributed by atoms with Gasteiger partial charge >= 0.3 is 0 Å². The molecule has 2 atom stereocenters. The van der Waals surface area contributed by atoms with Crippen LogP contribution in [-0.2, 0) is 28.4 Å². The van der Waals surface area contributed by atoms with Crippen LogP contribution in [0.5, 0.6) is 0 Å². The van der Waals surface area contributed by atoms with E-state index in [9.17, 15) is 23.1 Å². The van der Waals surface area contributed by atoms with E-state index in [4.69, 9.17) is 0 Å². The van der Waals surface area contributed by atoms with Crippen LogP contribution in [0, 0.1) is 5.92 Å². The Morgan fingerprint density at radius 1 is 1.02 bits per heavy atom. The molecule has 11 nitrogen and oxygen atoms in total. The summed E-state index contributed by atoms with van der Waals surface area (Å²) in [7, 11) is -1.95. The van der Waals surface area contributed by atoms with E-state index in [1.165, 1.54) is 26.5 Å². The van der Waals surface area contributed by atoms with Crippen molar-refractivity contribution in [2.24, 2.45) is 13.0 Å². The predicted molar refractivity (Wildman–Crippen MR) is 179 cm³/mol. The summed E-state index contributed by atoms with van der Waals surface area (Å²) in [6, 6.07) is 18.6. The van der Waals surface area contributed by atoms with Crippen LogP contribution in [0.25, 0.3) is 21.5 Å². The van der Waals surface area contributed by atoms with E-state index in [0.717, 1.165) is 16.0 Å². The van der Waals surface area contributed by atoms with Crippen molar-refractivity contribution in [3.63, 3.8) is 0 Å². The number of aliphatic hydroxyl groups is 1. The second kappa shape index (κ2) is 12.5. The molecule has 1 aromatic carbocycles. The first-order valence-electron chi connectivity index (χ1n) is 15.7. The van der Waals surface area contributed by atoms with Gasteiger partial charge in [0.2, 0.25) is 5.91 Å². The van der Waals surface area contributed by atoms with E-state index in [1.54, 1.807) is 40.2 Å². The van der Waals surface area contributed by atoms with E-state index >= 15 is 0 Å². The first-order valence-corrected chi connectivity index (χ1v) is 18.0. The molecule has 7 rings (SSSR count). The molecule has 2 saturated heterocycles. The number of likely N-dealkylation sites (tertiary alicyclic amines) is 1. The Kier molecular flexibility index (Phi) is 8.33. The summed E-state index contributed by atoms with van der Waals surface area (Å²) in [6.45, 7) is 1.22. The summed E-state index contributed by atoms with van der Waals surface area (Å²) in [5.74, 6) is -0.758. The molecule has 47 heavy (non-hydrogen) atoms. The minimum atomic E-state index is -3.78. The Labute approximate surface area is 276 Å². The SMILES string of the molecule is Cn1ccc2c(=O)n(CC3(O)CCN(C(=O)[C@@H]4CCN(S(=O)(=O)c5ccc(-c6ccncc6)s5)C[C@H]4c4ccccc4)CC3)cnc21. The average Bonchev–Trinajstić information content (AvgIpc) is 3.75. The lowest BCUT2D eigenvalue weighted by atomic mass is 9.80. The van der Waals surface area contributed by atoms with E-state index in [0.29, 0.717) is 43.4 Å². The smallest absolute Gasteiger partial charge is 0.262 e. The molecular formula is C34H36N6O5S2. The zero-order chi connectivity index (χ0) is 32.8. The Balaban J connectivity index is 1.06. The second-order valence-electron chi connectivity index (χ2n) is 12.5. The number of sulfonamides is 1. The van der Waals surface area contributed by atoms with Gasteiger partial charge in [-0.1, -0.05) is 30.3 Å². The number of benzene rings is 1. The second-order valence-corrected chi connectivity index (χ2v) is 15.8. The maximum Gasteiger partial charge on any atom is 0.262 e. The van der Waals surface area contributed by atoms with Crippen molar-refractivity contribution in [1.82, 2.24) is 28.3 Å². The number of carbonyl (C=O) groups is 1. The number of hydrogen-bond acceptors (Lipinski definition) is 8. The molecule has 0 spiro atoms. The zero-order valence-corrected chi connectivity index (χ0v) is 27.6. The molecule has 0 radical (unpaired) electrons. The highest BCUT2D eigenvalue weighted by atomic mass is 32.2. The van der Waals surface area contributed by atoms with Gasteiger partial charge in [-0.05, 0) is 60.7 Å². The van der Waals surface area contributed by atoms with Crippen LogP contribution in [0.3, 0.4) is 0 Å². The molecule has 1 N–H and O–H groups in total. The Hall–Kier alpha value is -4.17. The van der Waals surface area contributed by atoms with Gasteiger partial charge in [0, 0.05) is 68.5 Å². The van der Waals surface area contributed by atoms with Crippen LogP contribution in [0.15, 0.2) is 94.6 Å². The molecule has 2 aliphatic heterocycles. The number of aryl methyl sites for hydroxylation is 1. The van der Waals surface area contributed by atoms with Gasteiger partial charge in [-0.2, -0.15) is 4.31 Å². The van der Waals surface area contributed by atoms with E-state index in [1.807, 2.05) is 55.6 Å². The fourth-order valence-corrected chi connectivity index (χ4v) is 9.82. The molecule has 4 aromatic heterocycles. The number of amides is 1. The molecule has 5 aromatic rings. The Morgan fingerprint density at radius 3 is 2.51 bits per heavy atom. The van der Waals surface area contributed by atoms with Gasteiger partial charge in [-0.25, -0.2) is 13.4 Å². The van der Waals surface area contributed by atoms with Crippen LogP contribution >= 0.6 is 11.3 Å². The molecule has 2 fully saturated rings. The molecule has 0 bridgehead atoms. The van der Waals surface area contributed by atoms with Crippen LogP contribution in [0.4, 0.5) is 0 Å². The summed E-state index contributed by atoms with van der Waals surface area (Å²) >= 11 is 1.23. The summed E-state index contributed by atoms with van der Waals surface area (Å²) in [4.78, 5) is 38.2. The van der Waals surface area contributed by atoms with Crippen molar-refractivity contribution in [2.75, 3.05) is 26.2 Å². The highest BCUT2D eigenvalue weighted by molar-refractivity contribution is 7.91. The highest BCUT2D eigenvalue weighted by Gasteiger charge is 2.43. The third-order valence-corrected chi connectivity index (χ3v) is 13.0. The van der Waals surface area contributed by atoms with Crippen molar-refractivity contribution in [3.8, 4) is 10.4 Å². The monoisotopic (exact) mass is 672 g/mol. The van der Waals surface area contributed by atoms with E-state index in [-0.39, 0.29) is 41.2 Å². The van der Waals surface area contributed by atoms with Gasteiger partial charge in [0.15, 0.2) is 0 Å². The van der Waals surface area contributed by atoms with Crippen molar-refractivity contribution < 1.29 is 18.3 Å². The van der Waals surface area contributed by atoms with Gasteiger partial charge in [-0.3, -0.25) is 19.1 Å². The molecule has 1 amide bonds. The number of hydrogen-bond donors (Lipinski definition) is 1. The van der Waals surface area contributed by atoms with Crippen molar-refractivity contribution in [1.29, 1.82) is 0 Å². The third-order valence-electron chi connectivity index (χ3n) is 9.58. The number of carbonyl (C=O) groups excluding carboxylic acids is 1. The fourth-order valence-electron chi connectivity index (χ4n) is 6.88. The summed E-state index contributed by atoms with van der Waals surface area (Å²) in [6.07, 6.45) is 7.65. The topological polar surface area (TPSA) is 131 Å². The molecule has 6 heterocycles. The van der Waals surface area contributed by atoms with Gasteiger partial charge in [0.1, 0.15) is 16.2 Å². The molecule has 0 aliphatic carbocycles. The maximum atomic E-state index is 14.1. The van der Waals surface area contributed by atoms with Crippen molar-refractivity contribution in [3.05, 3.63) is 101 Å². The lowest BCUT2D eigenvalue weighted by molar-refractivity contribution is -0.142. The average molecular weight is 673 g/mol. The van der Waals surface area contributed by atoms with Gasteiger partial charge < -0.3 is 14.6 Å². The third kappa shape index (κ3) is 6.04. The largest absolute Gasteiger partial charge is 0.388 e. The Morgan fingerprint density at radius 2 is 1.77 bits per heavy atom. The first-order chi connectivity index (χ1) is 22.6. The zero-order valence-electron chi connectivity index (χ0n) is 26.0. The maximum absolute atomic E-state index is 14.1. The molecule has 13 heteroatoms. The lowest BCUT2D eigenvalue weighted by Gasteiger charge is -2.43. The molecule has 0 unspecified atom stereocenters. The quantitative estimate of drug-likeness (QED) is 0.279. The number of aromatic nitrogens is 4. The molecule has 2 aliphatic rings. The molecular weight excluding hydrogens is 637 g/mol. The van der Waals surface area contributed by atoms with Crippen molar-refractivity contribution in [2.45, 2.75) is 41.5 Å². The van der Waals surface area contributed by atoms with E-state index in [2.05, 4.69) is 9.97 Å². The van der Waals surface area contributed by atoms with Crippen LogP contribution < -0.4 is 5.56 Å². The van der Waals surface area contributed by atoms with Crippen LogP contribution in [-0.4, -0.2) is 79.5 Å². The summed E-state index contributed by atoms with van der Waals surface area (Å²) < 4.78 is 32.8. The standard InChI is InChI=1S/C34H36N6O5S2/c1-37-17-11-27-31(37)36-23-39(33(27)42)22-34(43)13-19-38(20-14-34)32(41)26-12-18-40(21-28(26)24-5-3-2-4-6-24)47(44,45)30-8-7-29(46-30)25-9-15-35-16-10-25/h2-11,15-17,23,26,28,43H,12-14,18-22H2,1H3/t26-,28+/m1/s1. The van der Waals surface area contributed by atoms with Crippen molar-refractivity contribution >= 4 is 38.3 Å². The fraction of sp³-hybridized carbons (Fsp3) is 0.353. The first kappa shape index (κ1) is 31.4. The number of nitrogens with zero attached hydrogens (tertiary/aromatic N) is 6. The molecule has 0 saturated carbocycles. The van der Waals surface area contributed by atoms with Crippen LogP contribution in [0.2, 0.25) is 0 Å². The summed E-state index contributed by atoms with van der Waals surface area (Å²) in [5, 5.41) is 12.0. The minimum Gasteiger partial charge on any atom is -0.388 e. The number of piperidine rings is 2. The van der Waals surface area contributed by atoms with Gasteiger partial charge in [0.25, 0.3) is 15.6 Å². The highest BCUT2D eigenvalue weighted by Crippen LogP contribution is 2.39.